The van der Waals surface area contributed by atoms with Crippen LogP contribution in [0.5, 0.6) is 11.5 Å². The number of likely N-dealkylation sites (tertiary alicyclic amines) is 1. The molecule has 8 heteroatoms. The minimum atomic E-state index is -0.339. The summed E-state index contributed by atoms with van der Waals surface area (Å²) in [5.74, 6) is 1.21. The number of methoxy groups -OCH3 is 2. The molecule has 3 aliphatic rings. The van der Waals surface area contributed by atoms with Gasteiger partial charge < -0.3 is 28.7 Å². The van der Waals surface area contributed by atoms with Crippen LogP contribution in [0.25, 0.3) is 0 Å². The molecule has 0 aromatic heterocycles. The van der Waals surface area contributed by atoms with Gasteiger partial charge in [0.15, 0.2) is 6.29 Å². The van der Waals surface area contributed by atoms with E-state index in [0.717, 1.165) is 12.8 Å². The number of amides is 2. The summed E-state index contributed by atoms with van der Waals surface area (Å²) in [5.41, 5.74) is 0.640. The number of ether oxygens (including phenoxy) is 4. The summed E-state index contributed by atoms with van der Waals surface area (Å²) in [7, 11) is 3.14. The number of anilines is 1. The highest BCUT2D eigenvalue weighted by Crippen LogP contribution is 2.37. The first-order chi connectivity index (χ1) is 14.1. The first-order valence-electron chi connectivity index (χ1n) is 10.1. The fourth-order valence-electron chi connectivity index (χ4n) is 4.41. The van der Waals surface area contributed by atoms with E-state index in [-0.39, 0.29) is 30.4 Å². The molecule has 3 fully saturated rings. The van der Waals surface area contributed by atoms with E-state index in [1.165, 1.54) is 0 Å². The van der Waals surface area contributed by atoms with Crippen LogP contribution in [0.2, 0.25) is 0 Å². The quantitative estimate of drug-likeness (QED) is 0.743. The topological polar surface area (TPSA) is 77.5 Å². The van der Waals surface area contributed by atoms with Gasteiger partial charge in [0.1, 0.15) is 11.5 Å². The van der Waals surface area contributed by atoms with Crippen molar-refractivity contribution in [2.75, 3.05) is 52.0 Å². The van der Waals surface area contributed by atoms with E-state index in [0.29, 0.717) is 56.0 Å². The van der Waals surface area contributed by atoms with Gasteiger partial charge >= 0.3 is 0 Å². The van der Waals surface area contributed by atoms with Crippen LogP contribution in [0.15, 0.2) is 18.2 Å². The second kappa shape index (κ2) is 8.59. The van der Waals surface area contributed by atoms with Gasteiger partial charge in [-0.3, -0.25) is 9.59 Å². The van der Waals surface area contributed by atoms with Gasteiger partial charge in [0, 0.05) is 38.0 Å². The van der Waals surface area contributed by atoms with Crippen LogP contribution in [0.4, 0.5) is 5.69 Å². The molecular weight excluding hydrogens is 376 g/mol. The third-order valence-electron chi connectivity index (χ3n) is 6.03. The normalized spacial score (nSPS) is 23.7. The Bertz CT molecular complexity index is 756. The molecule has 3 aliphatic heterocycles. The molecule has 1 aromatic carbocycles. The molecule has 158 valence electrons. The minimum Gasteiger partial charge on any atom is -0.497 e. The molecule has 3 heterocycles. The van der Waals surface area contributed by atoms with Crippen molar-refractivity contribution in [3.63, 3.8) is 0 Å². The van der Waals surface area contributed by atoms with Crippen molar-refractivity contribution in [1.82, 2.24) is 4.90 Å². The summed E-state index contributed by atoms with van der Waals surface area (Å²) in [6.07, 6.45) is 1.82. The molecule has 4 rings (SSSR count). The van der Waals surface area contributed by atoms with Gasteiger partial charge in [0.2, 0.25) is 11.8 Å². The second-order valence-corrected chi connectivity index (χ2v) is 7.72. The van der Waals surface area contributed by atoms with Crippen molar-refractivity contribution >= 4 is 17.5 Å². The predicted molar refractivity (Wildman–Crippen MR) is 105 cm³/mol. The molecule has 0 saturated carbocycles. The highest BCUT2D eigenvalue weighted by atomic mass is 16.7. The summed E-state index contributed by atoms with van der Waals surface area (Å²) in [4.78, 5) is 29.3. The van der Waals surface area contributed by atoms with Crippen LogP contribution in [-0.4, -0.2) is 70.1 Å². The fraction of sp³-hybridized carbons (Fsp3) is 0.619. The van der Waals surface area contributed by atoms with E-state index in [9.17, 15) is 9.59 Å². The average molecular weight is 404 g/mol. The summed E-state index contributed by atoms with van der Waals surface area (Å²) in [5, 5.41) is 0. The maximum Gasteiger partial charge on any atom is 0.228 e. The van der Waals surface area contributed by atoms with Crippen LogP contribution in [0.1, 0.15) is 19.3 Å². The highest BCUT2D eigenvalue weighted by Gasteiger charge is 2.40. The minimum absolute atomic E-state index is 0.0504. The van der Waals surface area contributed by atoms with E-state index in [1.807, 2.05) is 4.90 Å². The zero-order valence-electron chi connectivity index (χ0n) is 17.0. The van der Waals surface area contributed by atoms with Crippen LogP contribution < -0.4 is 14.4 Å². The maximum absolute atomic E-state index is 13.1. The molecule has 3 saturated heterocycles. The first-order valence-corrected chi connectivity index (χ1v) is 10.1. The number of carbonyl (C=O) groups is 2. The summed E-state index contributed by atoms with van der Waals surface area (Å²) in [6.45, 7) is 3.02. The lowest BCUT2D eigenvalue weighted by molar-refractivity contribution is -0.140. The lowest BCUT2D eigenvalue weighted by Crippen LogP contribution is -2.44. The van der Waals surface area contributed by atoms with Crippen molar-refractivity contribution in [1.29, 1.82) is 0 Å². The average Bonchev–Trinajstić information content (AvgIpc) is 3.43. The Balaban J connectivity index is 1.40. The van der Waals surface area contributed by atoms with Crippen molar-refractivity contribution in [2.24, 2.45) is 11.8 Å². The lowest BCUT2D eigenvalue weighted by Gasteiger charge is -2.35. The molecule has 0 N–H and O–H groups in total. The van der Waals surface area contributed by atoms with Crippen molar-refractivity contribution in [3.8, 4) is 11.5 Å². The van der Waals surface area contributed by atoms with Gasteiger partial charge in [-0.1, -0.05) is 0 Å². The molecule has 1 unspecified atom stereocenters. The number of nitrogens with zero attached hydrogens (tertiary/aromatic N) is 2. The van der Waals surface area contributed by atoms with Gasteiger partial charge in [0.05, 0.1) is 39.0 Å². The van der Waals surface area contributed by atoms with Crippen LogP contribution in [0, 0.1) is 11.8 Å². The Morgan fingerprint density at radius 1 is 1.10 bits per heavy atom. The second-order valence-electron chi connectivity index (χ2n) is 7.72. The number of hydrogen-bond donors (Lipinski definition) is 0. The van der Waals surface area contributed by atoms with E-state index in [2.05, 4.69) is 0 Å². The van der Waals surface area contributed by atoms with Crippen LogP contribution in [0.3, 0.4) is 0 Å². The Hall–Kier alpha value is -2.32. The van der Waals surface area contributed by atoms with E-state index >= 15 is 0 Å². The zero-order chi connectivity index (χ0) is 20.4. The number of benzene rings is 1. The predicted octanol–water partition coefficient (Wildman–Crippen LogP) is 1.67. The molecule has 29 heavy (non-hydrogen) atoms. The van der Waals surface area contributed by atoms with Gasteiger partial charge in [0.25, 0.3) is 0 Å². The molecular formula is C21H28N2O6. The van der Waals surface area contributed by atoms with Gasteiger partial charge in [-0.2, -0.15) is 0 Å². The van der Waals surface area contributed by atoms with Gasteiger partial charge in [-0.05, 0) is 25.0 Å². The zero-order valence-corrected chi connectivity index (χ0v) is 17.0. The van der Waals surface area contributed by atoms with E-state index in [1.54, 1.807) is 37.3 Å². The molecule has 0 bridgehead atoms. The van der Waals surface area contributed by atoms with Crippen LogP contribution in [-0.2, 0) is 19.1 Å². The molecule has 0 spiro atoms. The maximum atomic E-state index is 13.1. The summed E-state index contributed by atoms with van der Waals surface area (Å²) >= 11 is 0. The molecule has 8 nitrogen and oxygen atoms in total. The number of piperidine rings is 1. The Labute approximate surface area is 170 Å². The first kappa shape index (κ1) is 20.0. The molecule has 0 aliphatic carbocycles. The smallest absolute Gasteiger partial charge is 0.228 e. The SMILES string of the molecule is COc1ccc(OC)c(N2CC(C(=O)N3CCC(C4OCCO4)CC3)CC2=O)c1. The summed E-state index contributed by atoms with van der Waals surface area (Å²) < 4.78 is 21.9. The standard InChI is InChI=1S/C21H28N2O6/c1-26-16-3-4-18(27-2)17(12-16)23-13-15(11-19(23)24)20(25)22-7-5-14(6-8-22)21-28-9-10-29-21/h3-4,12,14-15,21H,5-11,13H2,1-2H3. The van der Waals surface area contributed by atoms with Crippen molar-refractivity contribution < 1.29 is 28.5 Å². The van der Waals surface area contributed by atoms with Crippen LogP contribution >= 0.6 is 0 Å². The number of rotatable bonds is 5. The lowest BCUT2D eigenvalue weighted by atomic mass is 9.95. The molecule has 2 amide bonds. The van der Waals surface area contributed by atoms with Gasteiger partial charge in [-0.25, -0.2) is 0 Å². The molecule has 1 atom stereocenters. The monoisotopic (exact) mass is 404 g/mol. The van der Waals surface area contributed by atoms with Crippen molar-refractivity contribution in [2.45, 2.75) is 25.6 Å². The Morgan fingerprint density at radius 3 is 2.48 bits per heavy atom. The molecule has 1 aromatic rings. The summed E-state index contributed by atoms with van der Waals surface area (Å²) in [6, 6.07) is 5.33. The highest BCUT2D eigenvalue weighted by molar-refractivity contribution is 6.01. The fourth-order valence-corrected chi connectivity index (χ4v) is 4.41. The van der Waals surface area contributed by atoms with Crippen molar-refractivity contribution in [3.05, 3.63) is 18.2 Å². The Morgan fingerprint density at radius 2 is 1.83 bits per heavy atom. The molecule has 0 radical (unpaired) electrons. The van der Waals surface area contributed by atoms with E-state index in [4.69, 9.17) is 18.9 Å². The Kier molecular flexibility index (Phi) is 5.91. The van der Waals surface area contributed by atoms with Gasteiger partial charge in [-0.15, -0.1) is 0 Å². The third kappa shape index (κ3) is 4.04. The largest absolute Gasteiger partial charge is 0.497 e. The third-order valence-corrected chi connectivity index (χ3v) is 6.03. The number of carbonyl (C=O) groups excluding carboxylic acids is 2. The van der Waals surface area contributed by atoms with E-state index < -0.39 is 0 Å². The number of hydrogen-bond acceptors (Lipinski definition) is 6.